The van der Waals surface area contributed by atoms with Gasteiger partial charge in [-0.15, -0.1) is 0 Å². The number of aliphatic carboxylic acids is 1. The van der Waals surface area contributed by atoms with Crippen LogP contribution in [0.2, 0.25) is 5.02 Å². The third-order valence-corrected chi connectivity index (χ3v) is 13.7. The Hall–Kier alpha value is -5.41. The Morgan fingerprint density at radius 1 is 0.951 bits per heavy atom. The number of carboxylic acids is 1. The van der Waals surface area contributed by atoms with Crippen molar-refractivity contribution in [3.05, 3.63) is 136 Å². The second-order valence-corrected chi connectivity index (χ2v) is 18.1. The summed E-state index contributed by atoms with van der Waals surface area (Å²) in [7, 11) is 0. The van der Waals surface area contributed by atoms with Crippen LogP contribution in [0.25, 0.3) is 11.1 Å². The Bertz CT molecular complexity index is 2330. The molecule has 5 aromatic rings. The molecule has 1 unspecified atom stereocenters. The van der Waals surface area contributed by atoms with Gasteiger partial charge in [0.25, 0.3) is 0 Å². The summed E-state index contributed by atoms with van der Waals surface area (Å²) in [5.74, 6) is 1.95. The van der Waals surface area contributed by atoms with Crippen LogP contribution in [-0.2, 0) is 34.3 Å². The molecule has 3 atom stereocenters. The number of rotatable bonds is 16. The minimum absolute atomic E-state index is 0.0252. The van der Waals surface area contributed by atoms with E-state index in [1.807, 2.05) is 67.0 Å². The summed E-state index contributed by atoms with van der Waals surface area (Å²) >= 11 is 6.32. The van der Waals surface area contributed by atoms with E-state index in [2.05, 4.69) is 52.6 Å². The van der Waals surface area contributed by atoms with Gasteiger partial charge in [0.1, 0.15) is 17.0 Å². The topological polar surface area (TPSA) is 123 Å². The molecule has 3 aliphatic rings. The van der Waals surface area contributed by atoms with Gasteiger partial charge in [-0.3, -0.25) is 14.8 Å². The zero-order chi connectivity index (χ0) is 42.4. The van der Waals surface area contributed by atoms with Crippen LogP contribution in [0.1, 0.15) is 99.1 Å². The second kappa shape index (κ2) is 18.7. The normalized spacial score (nSPS) is 22.1. The first-order valence-corrected chi connectivity index (χ1v) is 22.4. The highest BCUT2D eigenvalue weighted by Gasteiger charge is 2.54. The lowest BCUT2D eigenvalue weighted by molar-refractivity contribution is -0.144. The van der Waals surface area contributed by atoms with Gasteiger partial charge in [-0.05, 0) is 158 Å². The number of carbonyl (C=O) groups excluding carboxylic acids is 1. The number of hydrogen-bond acceptors (Lipinski definition) is 7. The molecule has 0 aliphatic heterocycles. The summed E-state index contributed by atoms with van der Waals surface area (Å²) in [5.41, 5.74) is 7.46. The summed E-state index contributed by atoms with van der Waals surface area (Å²) in [6, 6.07) is 27.8. The van der Waals surface area contributed by atoms with Crippen LogP contribution >= 0.6 is 11.6 Å². The van der Waals surface area contributed by atoms with Crippen molar-refractivity contribution in [3.8, 4) is 22.6 Å². The molecule has 3 N–H and O–H groups in total. The van der Waals surface area contributed by atoms with Gasteiger partial charge in [0.05, 0.1) is 19.6 Å². The summed E-state index contributed by atoms with van der Waals surface area (Å²) in [6.07, 6.45) is 14.1. The van der Waals surface area contributed by atoms with Gasteiger partial charge < -0.3 is 25.2 Å². The first-order chi connectivity index (χ1) is 29.6. The fourth-order valence-corrected chi connectivity index (χ4v) is 10.5. The average molecular weight is 841 g/mol. The molecule has 0 saturated heterocycles. The van der Waals surface area contributed by atoms with E-state index in [9.17, 15) is 14.7 Å². The molecule has 1 spiro atoms. The number of halogens is 1. The number of aromatic nitrogens is 2. The van der Waals surface area contributed by atoms with Crippen molar-refractivity contribution < 1.29 is 24.2 Å². The number of ether oxygens (including phenoxy) is 2. The second-order valence-electron chi connectivity index (χ2n) is 17.7. The SMILES string of the molecule is C[C@@H](COc1ccnc2c1[C@H](C)CCC2)CC1Cc2ccc(OCCCNC(=O)Cc3cccc(-c4cccnc4)c3)cc2C12CCC(Nc1cccc(Cl)c1)(C(=O)O)CC2. The van der Waals surface area contributed by atoms with E-state index < -0.39 is 11.5 Å². The molecule has 61 heavy (non-hydrogen) atoms. The van der Waals surface area contributed by atoms with E-state index in [0.717, 1.165) is 72.4 Å². The van der Waals surface area contributed by atoms with Gasteiger partial charge in [-0.2, -0.15) is 0 Å². The fraction of sp³-hybridized carbons (Fsp3) is 0.412. The van der Waals surface area contributed by atoms with Crippen LogP contribution in [0, 0.1) is 11.8 Å². The zero-order valence-corrected chi connectivity index (χ0v) is 36.1. The van der Waals surface area contributed by atoms with Crippen molar-refractivity contribution in [3.63, 3.8) is 0 Å². The molecule has 0 radical (unpaired) electrons. The Morgan fingerprint density at radius 3 is 2.59 bits per heavy atom. The number of fused-ring (bicyclic) bond motifs is 3. The summed E-state index contributed by atoms with van der Waals surface area (Å²) < 4.78 is 13.0. The van der Waals surface area contributed by atoms with Gasteiger partial charge in [0.2, 0.25) is 5.91 Å². The number of hydrogen-bond donors (Lipinski definition) is 3. The molecule has 2 heterocycles. The Balaban J connectivity index is 0.929. The monoisotopic (exact) mass is 840 g/mol. The van der Waals surface area contributed by atoms with Crippen molar-refractivity contribution in [2.75, 3.05) is 25.1 Å². The van der Waals surface area contributed by atoms with Crippen molar-refractivity contribution in [1.29, 1.82) is 0 Å². The number of carboxylic acid groups (broad SMARTS) is 1. The first-order valence-electron chi connectivity index (χ1n) is 22.0. The molecule has 1 fully saturated rings. The molecule has 2 aromatic heterocycles. The van der Waals surface area contributed by atoms with Crippen molar-refractivity contribution in [2.24, 2.45) is 11.8 Å². The highest BCUT2D eigenvalue weighted by molar-refractivity contribution is 6.30. The van der Waals surface area contributed by atoms with Crippen LogP contribution in [0.15, 0.2) is 104 Å². The molecular weight excluding hydrogens is 784 g/mol. The predicted molar refractivity (Wildman–Crippen MR) is 241 cm³/mol. The third-order valence-electron chi connectivity index (χ3n) is 13.5. The molecular formula is C51H57ClN4O5. The largest absolute Gasteiger partial charge is 0.494 e. The smallest absolute Gasteiger partial charge is 0.329 e. The van der Waals surface area contributed by atoms with E-state index in [4.69, 9.17) is 21.1 Å². The van der Waals surface area contributed by atoms with E-state index in [-0.39, 0.29) is 17.2 Å². The van der Waals surface area contributed by atoms with Crippen molar-refractivity contribution in [2.45, 2.75) is 101 Å². The van der Waals surface area contributed by atoms with Gasteiger partial charge in [-0.25, -0.2) is 4.79 Å². The minimum atomic E-state index is -1.10. The van der Waals surface area contributed by atoms with Gasteiger partial charge in [0.15, 0.2) is 0 Å². The van der Waals surface area contributed by atoms with Gasteiger partial charge in [-0.1, -0.05) is 67.9 Å². The first kappa shape index (κ1) is 42.3. The molecule has 318 valence electrons. The van der Waals surface area contributed by atoms with Crippen molar-refractivity contribution in [1.82, 2.24) is 15.3 Å². The van der Waals surface area contributed by atoms with E-state index in [0.29, 0.717) is 62.3 Å². The molecule has 3 aliphatic carbocycles. The molecule has 1 amide bonds. The van der Waals surface area contributed by atoms with E-state index in [1.165, 1.54) is 28.8 Å². The number of nitrogens with zero attached hydrogens (tertiary/aromatic N) is 2. The Kier molecular flexibility index (Phi) is 13.0. The number of aryl methyl sites for hydroxylation is 1. The van der Waals surface area contributed by atoms with Crippen molar-refractivity contribution >= 4 is 29.2 Å². The highest BCUT2D eigenvalue weighted by Crippen LogP contribution is 2.57. The van der Waals surface area contributed by atoms with Crippen LogP contribution in [0.4, 0.5) is 5.69 Å². The lowest BCUT2D eigenvalue weighted by Crippen LogP contribution is -2.53. The molecule has 10 heteroatoms. The maximum atomic E-state index is 13.1. The molecule has 8 rings (SSSR count). The van der Waals surface area contributed by atoms with Crippen LogP contribution < -0.4 is 20.1 Å². The molecule has 1 saturated carbocycles. The van der Waals surface area contributed by atoms with E-state index in [1.54, 1.807) is 18.3 Å². The third kappa shape index (κ3) is 9.57. The number of carbonyl (C=O) groups is 2. The summed E-state index contributed by atoms with van der Waals surface area (Å²) in [4.78, 5) is 34.8. The predicted octanol–water partition coefficient (Wildman–Crippen LogP) is 10.4. The van der Waals surface area contributed by atoms with Gasteiger partial charge in [0, 0.05) is 47.1 Å². The lowest BCUT2D eigenvalue weighted by atomic mass is 9.59. The Labute approximate surface area is 364 Å². The quantitative estimate of drug-likeness (QED) is 0.0840. The van der Waals surface area contributed by atoms with Gasteiger partial charge >= 0.3 is 5.97 Å². The van der Waals surface area contributed by atoms with Crippen LogP contribution in [0.5, 0.6) is 11.5 Å². The average Bonchev–Trinajstić information content (AvgIpc) is 3.54. The highest BCUT2D eigenvalue weighted by atomic mass is 35.5. The molecule has 3 aromatic carbocycles. The number of nitrogens with one attached hydrogen (secondary N) is 2. The summed E-state index contributed by atoms with van der Waals surface area (Å²) in [6.45, 7) is 6.15. The molecule has 9 nitrogen and oxygen atoms in total. The maximum Gasteiger partial charge on any atom is 0.329 e. The zero-order valence-electron chi connectivity index (χ0n) is 35.3. The maximum absolute atomic E-state index is 13.1. The number of pyridine rings is 2. The standard InChI is InChI=1S/C51H57ClN4O5/c1-34(33-61-46-17-24-54-45-14-3-8-35(2)48(45)46)26-40-29-38-15-16-43(60-25-7-23-55-47(57)28-36-9-4-10-37(27-36)39-11-6-22-53-32-39)31-44(38)50(40)18-20-51(21-19-50,49(58)59)56-42-13-5-12-41(52)30-42/h4-6,9-13,15-17,22,24,27,30-32,34-35,40,56H,3,7-8,14,18-21,23,25-26,28-29,33H2,1-2H3,(H,55,57)(H,58,59)/t34-,35-,40?,50?,51?/m1/s1. The number of anilines is 1. The molecule has 0 bridgehead atoms. The number of amides is 1. The van der Waals surface area contributed by atoms with Crippen LogP contribution in [-0.4, -0.2) is 52.2 Å². The number of benzene rings is 3. The van der Waals surface area contributed by atoms with E-state index >= 15 is 0 Å². The van der Waals surface area contributed by atoms with Crippen LogP contribution in [0.3, 0.4) is 0 Å². The minimum Gasteiger partial charge on any atom is -0.494 e. The summed E-state index contributed by atoms with van der Waals surface area (Å²) in [5, 5.41) is 17.7. The fourth-order valence-electron chi connectivity index (χ4n) is 10.3. The Morgan fingerprint density at radius 2 is 1.79 bits per heavy atom. The lowest BCUT2D eigenvalue weighted by Gasteiger charge is -2.47.